The summed E-state index contributed by atoms with van der Waals surface area (Å²) in [5.74, 6) is 0.642. The van der Waals surface area contributed by atoms with Gasteiger partial charge in [-0.1, -0.05) is 42.0 Å². The van der Waals surface area contributed by atoms with Crippen molar-refractivity contribution in [3.8, 4) is 0 Å². The molecule has 0 bridgehead atoms. The Labute approximate surface area is 179 Å². The van der Waals surface area contributed by atoms with E-state index in [2.05, 4.69) is 41.4 Å². The normalized spacial score (nSPS) is 11.6. The Kier molecular flexibility index (Phi) is 4.66. The summed E-state index contributed by atoms with van der Waals surface area (Å²) in [6, 6.07) is 18.2. The van der Waals surface area contributed by atoms with E-state index >= 15 is 0 Å². The van der Waals surface area contributed by atoms with Gasteiger partial charge in [-0.3, -0.25) is 9.25 Å². The van der Waals surface area contributed by atoms with Crippen LogP contribution in [0.4, 0.5) is 0 Å². The largest absolute Gasteiger partial charge is 0.351 e. The van der Waals surface area contributed by atoms with Crippen molar-refractivity contribution in [3.63, 3.8) is 0 Å². The molecule has 0 atom stereocenters. The summed E-state index contributed by atoms with van der Waals surface area (Å²) in [5, 5.41) is 9.98. The second-order valence-electron chi connectivity index (χ2n) is 8.04. The molecule has 0 spiro atoms. The van der Waals surface area contributed by atoms with E-state index in [1.165, 1.54) is 10.1 Å². The van der Waals surface area contributed by atoms with E-state index in [1.54, 1.807) is 4.57 Å². The summed E-state index contributed by atoms with van der Waals surface area (Å²) in [4.78, 5) is 18.1. The van der Waals surface area contributed by atoms with E-state index in [9.17, 15) is 4.79 Å². The van der Waals surface area contributed by atoms with Crippen LogP contribution in [0.1, 0.15) is 28.3 Å². The van der Waals surface area contributed by atoms with Gasteiger partial charge in [0, 0.05) is 24.0 Å². The van der Waals surface area contributed by atoms with Crippen LogP contribution in [0.2, 0.25) is 0 Å². The molecule has 0 saturated heterocycles. The summed E-state index contributed by atoms with van der Waals surface area (Å²) >= 11 is 0. The van der Waals surface area contributed by atoms with Gasteiger partial charge in [0.05, 0.1) is 17.8 Å². The Morgan fingerprint density at radius 2 is 1.71 bits per heavy atom. The third kappa shape index (κ3) is 3.52. The van der Waals surface area contributed by atoms with Crippen molar-refractivity contribution < 1.29 is 0 Å². The van der Waals surface area contributed by atoms with Crippen LogP contribution in [0.15, 0.2) is 59.4 Å². The average Bonchev–Trinajstić information content (AvgIpc) is 3.33. The molecule has 0 radical (unpaired) electrons. The highest BCUT2D eigenvalue weighted by atomic mass is 16.2. The zero-order chi connectivity index (χ0) is 21.5. The van der Waals surface area contributed by atoms with Gasteiger partial charge in [0.2, 0.25) is 0 Å². The van der Waals surface area contributed by atoms with Crippen LogP contribution in [-0.2, 0) is 19.5 Å². The number of aromatic nitrogens is 6. The molecule has 0 amide bonds. The molecule has 5 aromatic rings. The van der Waals surface area contributed by atoms with E-state index in [1.807, 2.05) is 48.9 Å². The van der Waals surface area contributed by atoms with E-state index in [0.29, 0.717) is 31.0 Å². The van der Waals surface area contributed by atoms with Crippen LogP contribution < -0.4 is 5.69 Å². The fraction of sp³-hybridized carbons (Fsp3) is 0.250. The molecule has 156 valence electrons. The first-order valence-corrected chi connectivity index (χ1v) is 10.4. The van der Waals surface area contributed by atoms with Crippen molar-refractivity contribution in [2.75, 3.05) is 0 Å². The summed E-state index contributed by atoms with van der Waals surface area (Å²) in [7, 11) is 0. The predicted octanol–water partition coefficient (Wildman–Crippen LogP) is 3.46. The molecule has 2 aromatic carbocycles. The van der Waals surface area contributed by atoms with Crippen molar-refractivity contribution in [2.24, 2.45) is 0 Å². The lowest BCUT2D eigenvalue weighted by Crippen LogP contribution is -2.28. The van der Waals surface area contributed by atoms with Gasteiger partial charge >= 0.3 is 5.69 Å². The van der Waals surface area contributed by atoms with Crippen LogP contribution in [0, 0.1) is 20.8 Å². The number of fused-ring (bicyclic) bond motifs is 3. The van der Waals surface area contributed by atoms with Crippen molar-refractivity contribution in [1.29, 1.82) is 0 Å². The van der Waals surface area contributed by atoms with E-state index in [0.717, 1.165) is 27.9 Å². The molecule has 0 aliphatic heterocycles. The Morgan fingerprint density at radius 3 is 2.45 bits per heavy atom. The number of hydrogen-bond donors (Lipinski definition) is 0. The molecular weight excluding hydrogens is 388 g/mol. The molecule has 0 N–H and O–H groups in total. The third-order valence-electron chi connectivity index (χ3n) is 5.61. The summed E-state index contributed by atoms with van der Waals surface area (Å²) in [6.45, 7) is 7.23. The van der Waals surface area contributed by atoms with Crippen LogP contribution in [0.3, 0.4) is 0 Å². The zero-order valence-corrected chi connectivity index (χ0v) is 17.9. The molecule has 7 nitrogen and oxygen atoms in total. The minimum atomic E-state index is -0.181. The molecule has 3 heterocycles. The smallest absolute Gasteiger partial charge is 0.287 e. The van der Waals surface area contributed by atoms with Crippen LogP contribution in [0.5, 0.6) is 0 Å². The Hall–Kier alpha value is -3.74. The molecule has 0 aliphatic carbocycles. The van der Waals surface area contributed by atoms with Gasteiger partial charge in [-0.2, -0.15) is 9.61 Å². The van der Waals surface area contributed by atoms with Gasteiger partial charge in [-0.15, -0.1) is 5.10 Å². The lowest BCUT2D eigenvalue weighted by Gasteiger charge is -2.11. The summed E-state index contributed by atoms with van der Waals surface area (Å²) < 4.78 is 5.16. The van der Waals surface area contributed by atoms with Gasteiger partial charge in [0.15, 0.2) is 11.5 Å². The first kappa shape index (κ1) is 19.2. The maximum atomic E-state index is 13.4. The topological polar surface area (TPSA) is 70.0 Å². The predicted molar refractivity (Wildman–Crippen MR) is 120 cm³/mol. The standard InChI is InChI=1S/C24H24N6O/c1-16-8-10-19(11-9-16)15-28-21-7-5-4-6-20(21)23-25-22(27-30(23)24(28)31)12-13-29-18(3)14-17(2)26-29/h4-11,14H,12-13,15H2,1-3H3. The van der Waals surface area contributed by atoms with Gasteiger partial charge in [0.25, 0.3) is 0 Å². The monoisotopic (exact) mass is 412 g/mol. The van der Waals surface area contributed by atoms with Crippen molar-refractivity contribution >= 4 is 16.6 Å². The first-order chi connectivity index (χ1) is 15.0. The summed E-state index contributed by atoms with van der Waals surface area (Å²) in [6.07, 6.45) is 0.607. The quantitative estimate of drug-likeness (QED) is 0.443. The molecular formula is C24H24N6O. The first-order valence-electron chi connectivity index (χ1n) is 10.4. The fourth-order valence-corrected chi connectivity index (χ4v) is 4.02. The molecule has 5 rings (SSSR count). The van der Waals surface area contributed by atoms with Crippen LogP contribution in [0.25, 0.3) is 16.6 Å². The zero-order valence-electron chi connectivity index (χ0n) is 17.9. The number of benzene rings is 2. The number of rotatable bonds is 5. The molecule has 3 aromatic heterocycles. The maximum Gasteiger partial charge on any atom is 0.351 e. The molecule has 31 heavy (non-hydrogen) atoms. The van der Waals surface area contributed by atoms with Crippen molar-refractivity contribution in [1.82, 2.24) is 28.9 Å². The molecule has 0 aliphatic rings. The number of hydrogen-bond acceptors (Lipinski definition) is 4. The van der Waals surface area contributed by atoms with E-state index in [4.69, 9.17) is 4.98 Å². The maximum absolute atomic E-state index is 13.4. The van der Waals surface area contributed by atoms with Gasteiger partial charge in [0.1, 0.15) is 0 Å². The summed E-state index contributed by atoms with van der Waals surface area (Å²) in [5.41, 5.74) is 5.64. The van der Waals surface area contributed by atoms with Crippen molar-refractivity contribution in [3.05, 3.63) is 93.4 Å². The highest BCUT2D eigenvalue weighted by molar-refractivity contribution is 5.91. The highest BCUT2D eigenvalue weighted by Gasteiger charge is 2.15. The van der Waals surface area contributed by atoms with Gasteiger partial charge in [-0.05, 0) is 44.5 Å². The lowest BCUT2D eigenvalue weighted by atomic mass is 10.1. The average molecular weight is 412 g/mol. The lowest BCUT2D eigenvalue weighted by molar-refractivity contribution is 0.580. The van der Waals surface area contributed by atoms with E-state index < -0.39 is 0 Å². The molecule has 0 saturated carbocycles. The van der Waals surface area contributed by atoms with Crippen molar-refractivity contribution in [2.45, 2.75) is 40.3 Å². The number of aryl methyl sites for hydroxylation is 5. The molecule has 0 fully saturated rings. The minimum Gasteiger partial charge on any atom is -0.287 e. The second kappa shape index (κ2) is 7.50. The number of nitrogens with zero attached hydrogens (tertiary/aromatic N) is 6. The van der Waals surface area contributed by atoms with Crippen LogP contribution in [-0.4, -0.2) is 28.9 Å². The Morgan fingerprint density at radius 1 is 0.935 bits per heavy atom. The third-order valence-corrected chi connectivity index (χ3v) is 5.61. The SMILES string of the molecule is Cc1ccc(Cn2c(=O)n3nc(CCn4nc(C)cc4C)nc3c3ccccc32)cc1. The van der Waals surface area contributed by atoms with Gasteiger partial charge < -0.3 is 0 Å². The van der Waals surface area contributed by atoms with E-state index in [-0.39, 0.29) is 5.69 Å². The highest BCUT2D eigenvalue weighted by Crippen LogP contribution is 2.18. The fourth-order valence-electron chi connectivity index (χ4n) is 4.02. The Bertz CT molecular complexity index is 1460. The number of para-hydroxylation sites is 1. The Balaban J connectivity index is 1.58. The molecule has 0 unspecified atom stereocenters. The minimum absolute atomic E-state index is 0.181. The van der Waals surface area contributed by atoms with Crippen LogP contribution >= 0.6 is 0 Å². The molecule has 7 heteroatoms. The second-order valence-corrected chi connectivity index (χ2v) is 8.04. The van der Waals surface area contributed by atoms with Gasteiger partial charge in [-0.25, -0.2) is 9.78 Å².